The van der Waals surface area contributed by atoms with Crippen LogP contribution in [0.5, 0.6) is 5.88 Å². The molecule has 0 bridgehead atoms. The molecule has 0 spiro atoms. The molecule has 112 valence electrons. The lowest BCUT2D eigenvalue weighted by Crippen LogP contribution is -2.15. The zero-order chi connectivity index (χ0) is 15.4. The van der Waals surface area contributed by atoms with E-state index in [0.717, 1.165) is 22.0 Å². The van der Waals surface area contributed by atoms with Crippen molar-refractivity contribution in [3.05, 3.63) is 47.1 Å². The van der Waals surface area contributed by atoms with Gasteiger partial charge in [-0.05, 0) is 24.6 Å². The molecule has 2 aromatic rings. The molecule has 0 amide bonds. The summed E-state index contributed by atoms with van der Waals surface area (Å²) in [7, 11) is 5.59. The van der Waals surface area contributed by atoms with Gasteiger partial charge in [0.15, 0.2) is 0 Å². The quantitative estimate of drug-likeness (QED) is 0.906. The van der Waals surface area contributed by atoms with E-state index in [-0.39, 0.29) is 6.04 Å². The van der Waals surface area contributed by atoms with E-state index in [1.165, 1.54) is 0 Å². The van der Waals surface area contributed by atoms with E-state index in [1.807, 2.05) is 49.3 Å². The number of benzene rings is 1. The van der Waals surface area contributed by atoms with Crippen LogP contribution in [0, 0.1) is 0 Å². The van der Waals surface area contributed by atoms with Crippen LogP contribution in [-0.4, -0.2) is 26.2 Å². The first kappa shape index (κ1) is 15.4. The molecule has 0 radical (unpaired) electrons. The highest BCUT2D eigenvalue weighted by Crippen LogP contribution is 2.35. The van der Waals surface area contributed by atoms with Crippen LogP contribution in [0.3, 0.4) is 0 Å². The predicted molar refractivity (Wildman–Crippen MR) is 88.6 cm³/mol. The smallest absolute Gasteiger partial charge is 0.239 e. The van der Waals surface area contributed by atoms with Gasteiger partial charge in [0.05, 0.1) is 18.8 Å². The first-order chi connectivity index (χ1) is 10.0. The van der Waals surface area contributed by atoms with Gasteiger partial charge in [-0.15, -0.1) is 0 Å². The molecule has 1 aromatic heterocycles. The van der Waals surface area contributed by atoms with Crippen molar-refractivity contribution in [3.8, 4) is 5.88 Å². The fraction of sp³-hybridized carbons (Fsp3) is 0.312. The summed E-state index contributed by atoms with van der Waals surface area (Å²) in [5.41, 5.74) is 2.91. The number of hydrogen-bond acceptors (Lipinski definition) is 4. The number of nitrogens with one attached hydrogen (secondary N) is 1. The van der Waals surface area contributed by atoms with Gasteiger partial charge in [-0.2, -0.15) is 0 Å². The SMILES string of the molecule is COc1nccc(N(C)C)c1NC(C)c1ccccc1Cl. The number of hydrogen-bond donors (Lipinski definition) is 1. The highest BCUT2D eigenvalue weighted by molar-refractivity contribution is 6.31. The Morgan fingerprint density at radius 1 is 1.24 bits per heavy atom. The Labute approximate surface area is 130 Å². The second kappa shape index (κ2) is 6.68. The van der Waals surface area contributed by atoms with Crippen molar-refractivity contribution in [2.24, 2.45) is 0 Å². The van der Waals surface area contributed by atoms with Crippen molar-refractivity contribution in [1.82, 2.24) is 4.98 Å². The van der Waals surface area contributed by atoms with Crippen molar-refractivity contribution in [2.45, 2.75) is 13.0 Å². The van der Waals surface area contributed by atoms with Gasteiger partial charge >= 0.3 is 0 Å². The molecular weight excluding hydrogens is 286 g/mol. The lowest BCUT2D eigenvalue weighted by molar-refractivity contribution is 0.399. The number of anilines is 2. The van der Waals surface area contributed by atoms with Gasteiger partial charge in [-0.3, -0.25) is 0 Å². The summed E-state index contributed by atoms with van der Waals surface area (Å²) in [6.07, 6.45) is 1.74. The lowest BCUT2D eigenvalue weighted by Gasteiger charge is -2.23. The van der Waals surface area contributed by atoms with Gasteiger partial charge in [0.1, 0.15) is 5.69 Å². The third-order valence-electron chi connectivity index (χ3n) is 3.30. The lowest BCUT2D eigenvalue weighted by atomic mass is 10.1. The van der Waals surface area contributed by atoms with Crippen LogP contribution < -0.4 is 15.0 Å². The molecule has 1 unspecified atom stereocenters. The van der Waals surface area contributed by atoms with E-state index in [9.17, 15) is 0 Å². The molecule has 1 N–H and O–H groups in total. The maximum Gasteiger partial charge on any atom is 0.239 e. The van der Waals surface area contributed by atoms with E-state index in [1.54, 1.807) is 13.3 Å². The molecule has 0 aliphatic rings. The molecule has 0 saturated heterocycles. The Balaban J connectivity index is 2.37. The number of rotatable bonds is 5. The maximum atomic E-state index is 6.26. The average Bonchev–Trinajstić information content (AvgIpc) is 2.47. The topological polar surface area (TPSA) is 37.4 Å². The largest absolute Gasteiger partial charge is 0.479 e. The van der Waals surface area contributed by atoms with E-state index < -0.39 is 0 Å². The van der Waals surface area contributed by atoms with E-state index >= 15 is 0 Å². The summed E-state index contributed by atoms with van der Waals surface area (Å²) in [5, 5.41) is 4.20. The molecule has 5 heteroatoms. The number of pyridine rings is 1. The summed E-state index contributed by atoms with van der Waals surface area (Å²) in [6, 6.07) is 9.79. The third kappa shape index (κ3) is 3.39. The number of methoxy groups -OCH3 is 1. The predicted octanol–water partition coefficient (Wildman–Crippen LogP) is 3.98. The van der Waals surface area contributed by atoms with Crippen molar-refractivity contribution >= 4 is 23.0 Å². The average molecular weight is 306 g/mol. The van der Waals surface area contributed by atoms with Crippen LogP contribution >= 0.6 is 11.6 Å². The minimum atomic E-state index is 0.0375. The van der Waals surface area contributed by atoms with Gasteiger partial charge in [-0.1, -0.05) is 29.8 Å². The van der Waals surface area contributed by atoms with E-state index in [2.05, 4.69) is 17.2 Å². The molecule has 21 heavy (non-hydrogen) atoms. The fourth-order valence-electron chi connectivity index (χ4n) is 2.22. The standard InChI is InChI=1S/C16H20ClN3O/c1-11(12-7-5-6-8-13(12)17)19-15-14(20(2)3)9-10-18-16(15)21-4/h5-11,19H,1-4H3. The highest BCUT2D eigenvalue weighted by atomic mass is 35.5. The van der Waals surface area contributed by atoms with E-state index in [0.29, 0.717) is 5.88 Å². The molecule has 1 atom stereocenters. The molecule has 0 aliphatic carbocycles. The Kier molecular flexibility index (Phi) is 4.91. The second-order valence-electron chi connectivity index (χ2n) is 5.00. The maximum absolute atomic E-state index is 6.26. The number of aromatic nitrogens is 1. The van der Waals surface area contributed by atoms with Crippen molar-refractivity contribution in [2.75, 3.05) is 31.4 Å². The Morgan fingerprint density at radius 2 is 1.95 bits per heavy atom. The zero-order valence-electron chi connectivity index (χ0n) is 12.7. The minimum Gasteiger partial charge on any atom is -0.479 e. The van der Waals surface area contributed by atoms with Crippen LogP contribution in [-0.2, 0) is 0 Å². The molecule has 4 nitrogen and oxygen atoms in total. The minimum absolute atomic E-state index is 0.0375. The van der Waals surface area contributed by atoms with Crippen LogP contribution in [0.4, 0.5) is 11.4 Å². The van der Waals surface area contributed by atoms with Gasteiger partial charge < -0.3 is 15.0 Å². The summed E-state index contributed by atoms with van der Waals surface area (Å²) in [6.45, 7) is 2.06. The van der Waals surface area contributed by atoms with Crippen molar-refractivity contribution in [1.29, 1.82) is 0 Å². The molecular formula is C16H20ClN3O. The highest BCUT2D eigenvalue weighted by Gasteiger charge is 2.16. The van der Waals surface area contributed by atoms with E-state index in [4.69, 9.17) is 16.3 Å². The van der Waals surface area contributed by atoms with Gasteiger partial charge in [0.25, 0.3) is 0 Å². The first-order valence-corrected chi connectivity index (χ1v) is 7.13. The molecule has 0 aliphatic heterocycles. The summed E-state index contributed by atoms with van der Waals surface area (Å²) < 4.78 is 5.37. The normalized spacial score (nSPS) is 11.9. The first-order valence-electron chi connectivity index (χ1n) is 6.76. The Bertz CT molecular complexity index is 616. The number of halogens is 1. The van der Waals surface area contributed by atoms with Crippen molar-refractivity contribution in [3.63, 3.8) is 0 Å². The van der Waals surface area contributed by atoms with Crippen molar-refractivity contribution < 1.29 is 4.74 Å². The zero-order valence-corrected chi connectivity index (χ0v) is 13.5. The van der Waals surface area contributed by atoms with Crippen LogP contribution in [0.2, 0.25) is 5.02 Å². The summed E-state index contributed by atoms with van der Waals surface area (Å²) in [5.74, 6) is 0.570. The molecule has 1 heterocycles. The van der Waals surface area contributed by atoms with Gasteiger partial charge in [0.2, 0.25) is 5.88 Å². The molecule has 1 aromatic carbocycles. The fourth-order valence-corrected chi connectivity index (χ4v) is 2.52. The van der Waals surface area contributed by atoms with Crippen LogP contribution in [0.15, 0.2) is 36.5 Å². The van der Waals surface area contributed by atoms with Gasteiger partial charge in [0, 0.05) is 25.3 Å². The van der Waals surface area contributed by atoms with Gasteiger partial charge in [-0.25, -0.2) is 4.98 Å². The Hall–Kier alpha value is -1.94. The summed E-state index contributed by atoms with van der Waals surface area (Å²) >= 11 is 6.26. The molecule has 2 rings (SSSR count). The van der Waals surface area contributed by atoms with Crippen LogP contribution in [0.1, 0.15) is 18.5 Å². The number of nitrogens with zero attached hydrogens (tertiary/aromatic N) is 2. The molecule has 0 fully saturated rings. The third-order valence-corrected chi connectivity index (χ3v) is 3.65. The second-order valence-corrected chi connectivity index (χ2v) is 5.40. The number of ether oxygens (including phenoxy) is 1. The summed E-state index contributed by atoms with van der Waals surface area (Å²) in [4.78, 5) is 6.28. The Morgan fingerprint density at radius 3 is 2.57 bits per heavy atom. The molecule has 0 saturated carbocycles. The van der Waals surface area contributed by atoms with Crippen LogP contribution in [0.25, 0.3) is 0 Å². The monoisotopic (exact) mass is 305 g/mol.